The van der Waals surface area contributed by atoms with Gasteiger partial charge in [-0.3, -0.25) is 62.7 Å². The summed E-state index contributed by atoms with van der Waals surface area (Å²) in [6.07, 6.45) is 1.12. The molecule has 1 saturated heterocycles. The molecule has 0 spiro atoms. The Morgan fingerprint density at radius 2 is 1.17 bits per heavy atom. The van der Waals surface area contributed by atoms with Crippen molar-refractivity contribution >= 4 is 131 Å². The number of amides is 10. The van der Waals surface area contributed by atoms with Gasteiger partial charge in [0.2, 0.25) is 59.1 Å². The lowest BCUT2D eigenvalue weighted by molar-refractivity contribution is -0.142. The lowest BCUT2D eigenvalue weighted by atomic mass is 10.0. The molecule has 0 unspecified atom stereocenters. The van der Waals surface area contributed by atoms with E-state index in [-0.39, 0.29) is 93.9 Å². The standard InChI is InChI=1S/C57H92N18O16S3/c1-28(2)22-37(48(83)66-35(15-16-43(78)79)47(82)72-40(26-92)51(86)68-36(55(90)91)17-21-94-4)70-53(88)44(29(3)77)74-50(85)39(25-76)71-46(81)34(13-8-19-64-57(61)62)67-52(87)42-14-9-20-75(42)54(89)41(27-93)73-49(84)38(23-30-24-65-33-12-6-5-10-31(30)33)69-45(80)32(58)11-7-18-63-56(59)60/h5-6,10,12,24,28-29,32,34-42,44,65,76-77,92-93H,7-9,11,13-23,25-27,58H2,1-4H3,(H,66,83)(H,67,87)(H,68,86)(H,69,80)(H,70,88)(H,71,81)(H,72,82)(H,73,84)(H,74,85)(H,78,79)(H,90,91)(H4,59,60,63)(H4,61,62,64)/t29-,32+,34+,35+,36+,37+,38+,39+,40+,41+,42+,44+/m1/s1. The number of benzene rings is 1. The van der Waals surface area contributed by atoms with Crippen LogP contribution in [0.5, 0.6) is 0 Å². The fourth-order valence-corrected chi connectivity index (χ4v) is 10.8. The maximum absolute atomic E-state index is 14.4. The van der Waals surface area contributed by atoms with Gasteiger partial charge in [-0.1, -0.05) is 32.0 Å². The second-order valence-electron chi connectivity index (χ2n) is 22.7. The minimum absolute atomic E-state index is 0.0249. The van der Waals surface area contributed by atoms with Crippen LogP contribution in [0.1, 0.15) is 90.5 Å². The van der Waals surface area contributed by atoms with Crippen LogP contribution in [0.25, 0.3) is 10.9 Å². The number of hydrogen-bond acceptors (Lipinski definition) is 20. The molecule has 10 amide bonds. The van der Waals surface area contributed by atoms with Gasteiger partial charge >= 0.3 is 11.9 Å². The van der Waals surface area contributed by atoms with Gasteiger partial charge in [-0.2, -0.15) is 37.0 Å². The molecular weight excluding hydrogens is 1290 g/mol. The van der Waals surface area contributed by atoms with E-state index in [1.165, 1.54) is 16.7 Å². The molecule has 94 heavy (non-hydrogen) atoms. The number of likely N-dealkylation sites (tertiary alicyclic amines) is 1. The van der Waals surface area contributed by atoms with Crippen molar-refractivity contribution in [1.82, 2.24) is 57.7 Å². The van der Waals surface area contributed by atoms with Gasteiger partial charge in [0.05, 0.1) is 18.8 Å². The van der Waals surface area contributed by atoms with E-state index in [9.17, 15) is 78.0 Å². The molecule has 0 aliphatic carbocycles. The van der Waals surface area contributed by atoms with E-state index < -0.39 is 163 Å². The number of carboxylic acid groups (broad SMARTS) is 2. The molecule has 1 fully saturated rings. The molecule has 3 rings (SSSR count). The van der Waals surface area contributed by atoms with Gasteiger partial charge in [-0.05, 0) is 94.3 Å². The van der Waals surface area contributed by atoms with Gasteiger partial charge in [0.15, 0.2) is 11.9 Å². The fourth-order valence-electron chi connectivity index (χ4n) is 9.79. The number of para-hydroxylation sites is 1. The minimum Gasteiger partial charge on any atom is -0.481 e. The molecule has 1 aromatic carbocycles. The normalized spacial score (nSPS) is 16.3. The Labute approximate surface area is 558 Å². The van der Waals surface area contributed by atoms with Crippen LogP contribution in [0.15, 0.2) is 40.4 Å². The van der Waals surface area contributed by atoms with Crippen molar-refractivity contribution in [3.05, 3.63) is 36.0 Å². The van der Waals surface area contributed by atoms with Gasteiger partial charge in [0, 0.05) is 61.1 Å². The molecule has 0 bridgehead atoms. The highest BCUT2D eigenvalue weighted by Crippen LogP contribution is 2.22. The fraction of sp³-hybridized carbons (Fsp3) is 0.614. The first kappa shape index (κ1) is 80.1. The van der Waals surface area contributed by atoms with Crippen LogP contribution in [-0.2, 0) is 64.0 Å². The van der Waals surface area contributed by atoms with Crippen molar-refractivity contribution in [1.29, 1.82) is 0 Å². The molecule has 0 radical (unpaired) electrons. The van der Waals surface area contributed by atoms with Gasteiger partial charge in [0.25, 0.3) is 0 Å². The van der Waals surface area contributed by atoms with Crippen LogP contribution in [0, 0.1) is 5.92 Å². The number of nitrogens with two attached hydrogens (primary N) is 5. The molecule has 24 N–H and O–H groups in total. The van der Waals surface area contributed by atoms with Gasteiger partial charge in [0.1, 0.15) is 60.4 Å². The third-order valence-electron chi connectivity index (χ3n) is 14.8. The summed E-state index contributed by atoms with van der Waals surface area (Å²) in [6, 6.07) is -8.91. The van der Waals surface area contributed by atoms with E-state index in [0.29, 0.717) is 24.2 Å². The lowest BCUT2D eigenvalue weighted by Crippen LogP contribution is -2.62. The number of nitrogens with one attached hydrogen (secondary N) is 10. The summed E-state index contributed by atoms with van der Waals surface area (Å²) in [5.41, 5.74) is 29.5. The number of thioether (sulfide) groups is 1. The number of guanidine groups is 2. The molecule has 2 aromatic rings. The van der Waals surface area contributed by atoms with E-state index in [2.05, 4.69) is 88.1 Å². The van der Waals surface area contributed by atoms with Crippen molar-refractivity contribution in [2.24, 2.45) is 44.6 Å². The number of thiol groups is 2. The summed E-state index contributed by atoms with van der Waals surface area (Å²) in [5, 5.41) is 63.3. The summed E-state index contributed by atoms with van der Waals surface area (Å²) in [5.74, 6) is -13.2. The molecule has 34 nitrogen and oxygen atoms in total. The number of aliphatic hydroxyl groups excluding tert-OH is 2. The van der Waals surface area contributed by atoms with Crippen LogP contribution < -0.4 is 76.5 Å². The maximum atomic E-state index is 14.4. The van der Waals surface area contributed by atoms with Crippen molar-refractivity contribution in [2.45, 2.75) is 164 Å². The molecule has 1 aromatic heterocycles. The van der Waals surface area contributed by atoms with Gasteiger partial charge in [-0.15, -0.1) is 0 Å². The first-order valence-corrected chi connectivity index (χ1v) is 33.0. The zero-order valence-electron chi connectivity index (χ0n) is 52.8. The molecule has 1 aliphatic rings. The number of aliphatic hydroxyl groups is 2. The van der Waals surface area contributed by atoms with Crippen molar-refractivity contribution in [2.75, 3.05) is 49.8 Å². The Kier molecular flexibility index (Phi) is 34.8. The average molecular weight is 1380 g/mol. The number of aliphatic carboxylic acids is 2. The Hall–Kier alpha value is -8.13. The number of aromatic nitrogens is 1. The molecule has 37 heteroatoms. The largest absolute Gasteiger partial charge is 0.481 e. The van der Waals surface area contributed by atoms with E-state index in [1.807, 2.05) is 18.2 Å². The molecular formula is C57H92N18O16S3. The second-order valence-corrected chi connectivity index (χ2v) is 24.4. The van der Waals surface area contributed by atoms with Crippen LogP contribution >= 0.6 is 37.0 Å². The summed E-state index contributed by atoms with van der Waals surface area (Å²) in [7, 11) is 0. The number of rotatable bonds is 42. The number of hydrogen-bond donors (Lipinski definition) is 21. The zero-order valence-corrected chi connectivity index (χ0v) is 55.4. The Morgan fingerprint density at radius 3 is 1.74 bits per heavy atom. The summed E-state index contributed by atoms with van der Waals surface area (Å²) in [4.78, 5) is 175. The topological polar surface area (TPSA) is 568 Å². The van der Waals surface area contributed by atoms with E-state index in [0.717, 1.165) is 17.8 Å². The third kappa shape index (κ3) is 26.7. The monoisotopic (exact) mass is 1380 g/mol. The zero-order chi connectivity index (χ0) is 70.4. The van der Waals surface area contributed by atoms with E-state index >= 15 is 0 Å². The molecule has 0 saturated carbocycles. The summed E-state index contributed by atoms with van der Waals surface area (Å²) >= 11 is 9.82. The van der Waals surface area contributed by atoms with Crippen LogP contribution in [0.2, 0.25) is 0 Å². The Bertz CT molecular complexity index is 2990. The number of carboxylic acids is 2. The number of carbonyl (C=O) groups is 12. The smallest absolute Gasteiger partial charge is 0.326 e. The van der Waals surface area contributed by atoms with Gasteiger partial charge < -0.3 is 107 Å². The SMILES string of the molecule is CSCC[C@H](NC(=O)[C@H](CS)NC(=O)[C@H](CCC(=O)O)NC(=O)[C@H](CC(C)C)NC(=O)[C@@H](NC(=O)[C@H](CO)NC(=O)[C@H](CCCN=C(N)N)NC(=O)[C@@H]1CCCN1C(=O)[C@H](CS)NC(=O)[C@H](Cc1c[nH]c2ccccc12)NC(=O)[C@@H](N)CCCN=C(N)N)[C@@H](C)O)C(=O)O. The average Bonchev–Trinajstić information content (AvgIpc) is 1.81. The summed E-state index contributed by atoms with van der Waals surface area (Å²) < 4.78 is 0. The first-order valence-electron chi connectivity index (χ1n) is 30.4. The number of nitrogens with zero attached hydrogens (tertiary/aromatic N) is 3. The number of aliphatic imine (C=N–C) groups is 2. The van der Waals surface area contributed by atoms with E-state index in [1.54, 1.807) is 32.4 Å². The van der Waals surface area contributed by atoms with Crippen LogP contribution in [-0.4, -0.2) is 236 Å². The predicted molar refractivity (Wildman–Crippen MR) is 355 cm³/mol. The number of H-pyrrole nitrogens is 1. The van der Waals surface area contributed by atoms with Crippen molar-refractivity contribution < 1.29 is 78.0 Å². The highest BCUT2D eigenvalue weighted by atomic mass is 32.2. The Balaban J connectivity index is 1.82. The number of fused-ring (bicyclic) bond motifs is 1. The van der Waals surface area contributed by atoms with Crippen molar-refractivity contribution in [3.8, 4) is 0 Å². The maximum Gasteiger partial charge on any atom is 0.326 e. The molecule has 1 aliphatic heterocycles. The Morgan fingerprint density at radius 1 is 0.649 bits per heavy atom. The summed E-state index contributed by atoms with van der Waals surface area (Å²) in [6.45, 7) is 3.50. The molecule has 2 heterocycles. The first-order chi connectivity index (χ1) is 44.5. The minimum atomic E-state index is -1.90. The number of aromatic amines is 1. The molecule has 12 atom stereocenters. The van der Waals surface area contributed by atoms with Crippen molar-refractivity contribution in [3.63, 3.8) is 0 Å². The van der Waals surface area contributed by atoms with Crippen LogP contribution in [0.3, 0.4) is 0 Å². The third-order valence-corrected chi connectivity index (χ3v) is 16.2. The van der Waals surface area contributed by atoms with Crippen LogP contribution in [0.4, 0.5) is 0 Å². The quantitative estimate of drug-likeness (QED) is 0.0128. The number of carbonyl (C=O) groups excluding carboxylic acids is 10. The second kappa shape index (κ2) is 40.9. The highest BCUT2D eigenvalue weighted by molar-refractivity contribution is 7.98. The predicted octanol–water partition coefficient (Wildman–Crippen LogP) is -5.52. The highest BCUT2D eigenvalue weighted by Gasteiger charge is 2.41. The molecule has 524 valence electrons. The lowest BCUT2D eigenvalue weighted by Gasteiger charge is -2.30. The van der Waals surface area contributed by atoms with Gasteiger partial charge in [-0.25, -0.2) is 4.79 Å². The van der Waals surface area contributed by atoms with E-state index in [4.69, 9.17) is 28.7 Å².